The van der Waals surface area contributed by atoms with Crippen LogP contribution in [0.3, 0.4) is 0 Å². The Bertz CT molecular complexity index is 575. The summed E-state index contributed by atoms with van der Waals surface area (Å²) < 4.78 is 0. The topological polar surface area (TPSA) is 52.9 Å². The average Bonchev–Trinajstić information content (AvgIpc) is 2.90. The molecule has 1 amide bonds. The molecule has 0 heterocycles. The largest absolute Gasteiger partial charge is 0.349 e. The monoisotopic (exact) mass is 268 g/mol. The van der Waals surface area contributed by atoms with Gasteiger partial charge in [0.15, 0.2) is 0 Å². The molecule has 0 spiro atoms. The molecule has 1 N–H and O–H groups in total. The van der Waals surface area contributed by atoms with Gasteiger partial charge in [-0.05, 0) is 43.9 Å². The van der Waals surface area contributed by atoms with E-state index >= 15 is 0 Å². The molecule has 1 saturated carbocycles. The van der Waals surface area contributed by atoms with E-state index in [-0.39, 0.29) is 17.5 Å². The highest BCUT2D eigenvalue weighted by molar-refractivity contribution is 6.02. The van der Waals surface area contributed by atoms with Gasteiger partial charge in [-0.25, -0.2) is 0 Å². The molecule has 0 aliphatic heterocycles. The summed E-state index contributed by atoms with van der Waals surface area (Å²) in [6.07, 6.45) is 6.04. The van der Waals surface area contributed by atoms with Crippen molar-refractivity contribution in [3.05, 3.63) is 40.5 Å². The summed E-state index contributed by atoms with van der Waals surface area (Å²) in [4.78, 5) is 12.1. The van der Waals surface area contributed by atoms with Crippen molar-refractivity contribution < 1.29 is 4.79 Å². The van der Waals surface area contributed by atoms with Crippen LogP contribution in [0.15, 0.2) is 23.8 Å². The lowest BCUT2D eigenvalue weighted by atomic mass is 10.0. The lowest BCUT2D eigenvalue weighted by Gasteiger charge is -2.11. The van der Waals surface area contributed by atoms with E-state index in [0.717, 1.165) is 36.8 Å². The van der Waals surface area contributed by atoms with E-state index < -0.39 is 0 Å². The molecular formula is C17H20N2O. The molecule has 20 heavy (non-hydrogen) atoms. The Hall–Kier alpha value is -2.08. The first-order chi connectivity index (χ1) is 9.60. The molecule has 0 bridgehead atoms. The van der Waals surface area contributed by atoms with Gasteiger partial charge in [0, 0.05) is 6.04 Å². The van der Waals surface area contributed by atoms with Crippen molar-refractivity contribution in [3.8, 4) is 6.07 Å². The molecule has 2 rings (SSSR count). The van der Waals surface area contributed by atoms with Crippen LogP contribution in [-0.2, 0) is 4.79 Å². The van der Waals surface area contributed by atoms with Crippen LogP contribution in [-0.4, -0.2) is 11.9 Å². The zero-order chi connectivity index (χ0) is 14.5. The van der Waals surface area contributed by atoms with E-state index in [1.54, 1.807) is 6.08 Å². The van der Waals surface area contributed by atoms with Crippen molar-refractivity contribution in [3.63, 3.8) is 0 Å². The summed E-state index contributed by atoms with van der Waals surface area (Å²) in [5.41, 5.74) is 3.36. The molecule has 3 heteroatoms. The van der Waals surface area contributed by atoms with Gasteiger partial charge < -0.3 is 5.32 Å². The molecule has 1 aliphatic carbocycles. The van der Waals surface area contributed by atoms with Crippen molar-refractivity contribution in [1.29, 1.82) is 5.26 Å². The maximum atomic E-state index is 12.1. The van der Waals surface area contributed by atoms with Crippen molar-refractivity contribution in [2.75, 3.05) is 0 Å². The molecule has 1 aromatic carbocycles. The number of carbonyl (C=O) groups is 1. The van der Waals surface area contributed by atoms with E-state index in [4.69, 9.17) is 0 Å². The van der Waals surface area contributed by atoms with Crippen LogP contribution in [0.2, 0.25) is 0 Å². The summed E-state index contributed by atoms with van der Waals surface area (Å²) in [6, 6.07) is 8.24. The third-order valence-corrected chi connectivity index (χ3v) is 3.78. The van der Waals surface area contributed by atoms with Crippen LogP contribution in [0.4, 0.5) is 0 Å². The third kappa shape index (κ3) is 3.48. The molecule has 1 aromatic rings. The number of nitrogens with one attached hydrogen (secondary N) is 1. The first-order valence-electron chi connectivity index (χ1n) is 7.10. The Labute approximate surface area is 120 Å². The lowest BCUT2D eigenvalue weighted by Crippen LogP contribution is -2.33. The fraction of sp³-hybridized carbons (Fsp3) is 0.412. The number of nitriles is 1. The summed E-state index contributed by atoms with van der Waals surface area (Å²) in [6.45, 7) is 4.02. The molecule has 0 aromatic heterocycles. The smallest absolute Gasteiger partial charge is 0.262 e. The number of benzene rings is 1. The van der Waals surface area contributed by atoms with Crippen molar-refractivity contribution in [1.82, 2.24) is 5.32 Å². The van der Waals surface area contributed by atoms with Crippen molar-refractivity contribution >= 4 is 12.0 Å². The number of hydrogen-bond donors (Lipinski definition) is 1. The molecule has 0 radical (unpaired) electrons. The highest BCUT2D eigenvalue weighted by Crippen LogP contribution is 2.19. The van der Waals surface area contributed by atoms with Gasteiger partial charge in [-0.15, -0.1) is 0 Å². The highest BCUT2D eigenvalue weighted by atomic mass is 16.1. The molecule has 3 nitrogen and oxygen atoms in total. The molecule has 104 valence electrons. The van der Waals surface area contributed by atoms with Crippen LogP contribution in [0, 0.1) is 25.2 Å². The van der Waals surface area contributed by atoms with Gasteiger partial charge in [0.1, 0.15) is 11.6 Å². The van der Waals surface area contributed by atoms with E-state index in [1.165, 1.54) is 5.56 Å². The second-order valence-corrected chi connectivity index (χ2v) is 5.48. The number of aryl methyl sites for hydroxylation is 2. The Morgan fingerprint density at radius 2 is 2.05 bits per heavy atom. The molecule has 1 aliphatic rings. The van der Waals surface area contributed by atoms with Crippen LogP contribution in [0.1, 0.15) is 42.4 Å². The molecule has 1 fully saturated rings. The minimum atomic E-state index is -0.251. The summed E-state index contributed by atoms with van der Waals surface area (Å²) in [5, 5.41) is 12.1. The number of carbonyl (C=O) groups excluding carboxylic acids is 1. The number of rotatable bonds is 3. The Balaban J connectivity index is 2.16. The fourth-order valence-corrected chi connectivity index (χ4v) is 2.62. The van der Waals surface area contributed by atoms with E-state index in [2.05, 4.69) is 11.4 Å². The van der Waals surface area contributed by atoms with Crippen LogP contribution >= 0.6 is 0 Å². The van der Waals surface area contributed by atoms with E-state index in [9.17, 15) is 10.1 Å². The minimum Gasteiger partial charge on any atom is -0.349 e. The predicted octanol–water partition coefficient (Wildman–Crippen LogP) is 3.27. The third-order valence-electron chi connectivity index (χ3n) is 3.78. The molecule has 0 saturated heterocycles. The zero-order valence-corrected chi connectivity index (χ0v) is 12.1. The first-order valence-corrected chi connectivity index (χ1v) is 7.10. The second kappa shape index (κ2) is 6.38. The summed E-state index contributed by atoms with van der Waals surface area (Å²) >= 11 is 0. The summed E-state index contributed by atoms with van der Waals surface area (Å²) in [7, 11) is 0. The Morgan fingerprint density at radius 1 is 1.35 bits per heavy atom. The molecular weight excluding hydrogens is 248 g/mol. The lowest BCUT2D eigenvalue weighted by molar-refractivity contribution is -0.117. The molecule has 0 unspecified atom stereocenters. The van der Waals surface area contributed by atoms with Gasteiger partial charge in [0.25, 0.3) is 5.91 Å². The average molecular weight is 268 g/mol. The van der Waals surface area contributed by atoms with Gasteiger partial charge in [0.2, 0.25) is 0 Å². The van der Waals surface area contributed by atoms with Crippen LogP contribution in [0.25, 0.3) is 6.08 Å². The van der Waals surface area contributed by atoms with Gasteiger partial charge in [0.05, 0.1) is 0 Å². The fourth-order valence-electron chi connectivity index (χ4n) is 2.62. The van der Waals surface area contributed by atoms with Crippen LogP contribution < -0.4 is 5.32 Å². The first kappa shape index (κ1) is 14.3. The van der Waals surface area contributed by atoms with Gasteiger partial charge in [-0.1, -0.05) is 36.6 Å². The Morgan fingerprint density at radius 3 is 2.65 bits per heavy atom. The highest BCUT2D eigenvalue weighted by Gasteiger charge is 2.19. The number of amides is 1. The maximum Gasteiger partial charge on any atom is 0.262 e. The SMILES string of the molecule is Cc1ccc(/C=C(\C#N)C(=O)NC2CCCC2)c(C)c1. The van der Waals surface area contributed by atoms with Gasteiger partial charge >= 0.3 is 0 Å². The second-order valence-electron chi connectivity index (χ2n) is 5.48. The number of nitrogens with zero attached hydrogens (tertiary/aromatic N) is 1. The standard InChI is InChI=1S/C17H20N2O/c1-12-7-8-14(13(2)9-12)10-15(11-18)17(20)19-16-5-3-4-6-16/h7-10,16H,3-6H2,1-2H3,(H,19,20)/b15-10+. The van der Waals surface area contributed by atoms with E-state index in [0.29, 0.717) is 0 Å². The quantitative estimate of drug-likeness (QED) is 0.675. The van der Waals surface area contributed by atoms with Gasteiger partial charge in [-0.3, -0.25) is 4.79 Å². The van der Waals surface area contributed by atoms with Crippen molar-refractivity contribution in [2.24, 2.45) is 0 Å². The zero-order valence-electron chi connectivity index (χ0n) is 12.1. The Kier molecular flexibility index (Phi) is 4.57. The minimum absolute atomic E-state index is 0.184. The van der Waals surface area contributed by atoms with Gasteiger partial charge in [-0.2, -0.15) is 5.26 Å². The number of hydrogen-bond acceptors (Lipinski definition) is 2. The van der Waals surface area contributed by atoms with E-state index in [1.807, 2.05) is 32.0 Å². The molecule has 0 atom stereocenters. The maximum absolute atomic E-state index is 12.1. The normalized spacial score (nSPS) is 15.9. The van der Waals surface area contributed by atoms with Crippen molar-refractivity contribution in [2.45, 2.75) is 45.6 Å². The van der Waals surface area contributed by atoms with Crippen LogP contribution in [0.5, 0.6) is 0 Å². The summed E-state index contributed by atoms with van der Waals surface area (Å²) in [5.74, 6) is -0.251. The predicted molar refractivity (Wildman–Crippen MR) is 79.9 cm³/mol.